The second-order valence-corrected chi connectivity index (χ2v) is 5.54. The lowest BCUT2D eigenvalue weighted by atomic mass is 10.1. The summed E-state index contributed by atoms with van der Waals surface area (Å²) >= 11 is 5.92. The zero-order chi connectivity index (χ0) is 15.2. The number of hydrogen-bond acceptors (Lipinski definition) is 2. The summed E-state index contributed by atoms with van der Waals surface area (Å²) in [5.74, 6) is -0.0503. The van der Waals surface area contributed by atoms with Gasteiger partial charge in [0.05, 0.1) is 6.54 Å². The first kappa shape index (κ1) is 15.5. The van der Waals surface area contributed by atoms with Gasteiger partial charge in [-0.05, 0) is 48.7 Å². The van der Waals surface area contributed by atoms with Gasteiger partial charge in [-0.25, -0.2) is 0 Å². The first-order chi connectivity index (χ1) is 10.0. The molecule has 0 bridgehead atoms. The zero-order valence-electron chi connectivity index (χ0n) is 12.2. The molecule has 2 aromatic carbocycles. The fraction of sp³-hybridized carbons (Fsp3) is 0.235. The van der Waals surface area contributed by atoms with Crippen molar-refractivity contribution in [2.24, 2.45) is 0 Å². The van der Waals surface area contributed by atoms with Crippen molar-refractivity contribution in [3.63, 3.8) is 0 Å². The second kappa shape index (κ2) is 7.25. The van der Waals surface area contributed by atoms with E-state index in [9.17, 15) is 4.79 Å². The van der Waals surface area contributed by atoms with Crippen LogP contribution in [0.5, 0.6) is 0 Å². The Labute approximate surface area is 130 Å². The Morgan fingerprint density at radius 2 is 1.95 bits per heavy atom. The van der Waals surface area contributed by atoms with Gasteiger partial charge in [0, 0.05) is 17.3 Å². The van der Waals surface area contributed by atoms with Gasteiger partial charge >= 0.3 is 0 Å². The third-order valence-electron chi connectivity index (χ3n) is 3.17. The molecule has 0 aromatic heterocycles. The Bertz CT molecular complexity index is 640. The lowest BCUT2D eigenvalue weighted by Gasteiger charge is -2.10. The molecule has 0 saturated carbocycles. The molecule has 0 aliphatic carbocycles. The largest absolute Gasteiger partial charge is 0.325 e. The average Bonchev–Trinajstić information content (AvgIpc) is 2.43. The summed E-state index contributed by atoms with van der Waals surface area (Å²) < 4.78 is 0. The Kier molecular flexibility index (Phi) is 5.37. The van der Waals surface area contributed by atoms with Crippen molar-refractivity contribution < 1.29 is 4.79 Å². The van der Waals surface area contributed by atoms with Gasteiger partial charge in [-0.2, -0.15) is 0 Å². The summed E-state index contributed by atoms with van der Waals surface area (Å²) in [5.41, 5.74) is 4.11. The van der Waals surface area contributed by atoms with E-state index in [0.29, 0.717) is 11.6 Å². The summed E-state index contributed by atoms with van der Waals surface area (Å²) in [7, 11) is 0. The number of benzene rings is 2. The molecular weight excluding hydrogens is 284 g/mol. The van der Waals surface area contributed by atoms with Gasteiger partial charge in [0.15, 0.2) is 0 Å². The van der Waals surface area contributed by atoms with E-state index in [-0.39, 0.29) is 12.5 Å². The second-order valence-electron chi connectivity index (χ2n) is 5.10. The molecule has 21 heavy (non-hydrogen) atoms. The van der Waals surface area contributed by atoms with E-state index >= 15 is 0 Å². The predicted molar refractivity (Wildman–Crippen MR) is 87.7 cm³/mol. The highest BCUT2D eigenvalue weighted by molar-refractivity contribution is 6.30. The van der Waals surface area contributed by atoms with Crippen LogP contribution < -0.4 is 10.6 Å². The van der Waals surface area contributed by atoms with Crippen LogP contribution in [0.2, 0.25) is 5.02 Å². The highest BCUT2D eigenvalue weighted by Crippen LogP contribution is 2.16. The number of anilines is 1. The molecule has 0 fully saturated rings. The minimum Gasteiger partial charge on any atom is -0.325 e. The van der Waals surface area contributed by atoms with Crippen molar-refractivity contribution in [1.82, 2.24) is 5.32 Å². The van der Waals surface area contributed by atoms with Crippen molar-refractivity contribution in [3.05, 3.63) is 64.2 Å². The Morgan fingerprint density at radius 1 is 1.14 bits per heavy atom. The molecule has 2 N–H and O–H groups in total. The van der Waals surface area contributed by atoms with Crippen molar-refractivity contribution >= 4 is 23.2 Å². The number of carbonyl (C=O) groups is 1. The van der Waals surface area contributed by atoms with E-state index in [1.54, 1.807) is 0 Å². The van der Waals surface area contributed by atoms with E-state index < -0.39 is 0 Å². The first-order valence-electron chi connectivity index (χ1n) is 6.87. The molecule has 0 aliphatic heterocycles. The monoisotopic (exact) mass is 302 g/mol. The number of amides is 1. The number of hydrogen-bond donors (Lipinski definition) is 2. The molecule has 0 heterocycles. The summed E-state index contributed by atoms with van der Waals surface area (Å²) in [4.78, 5) is 11.9. The van der Waals surface area contributed by atoms with Crippen LogP contribution in [-0.2, 0) is 11.3 Å². The van der Waals surface area contributed by atoms with E-state index in [1.807, 2.05) is 56.3 Å². The Hall–Kier alpha value is -1.84. The van der Waals surface area contributed by atoms with Crippen LogP contribution in [0.1, 0.15) is 16.7 Å². The maximum Gasteiger partial charge on any atom is 0.238 e. The standard InChI is InChI=1S/C17H19ClN2O/c1-12-6-7-13(2)16(8-12)20-17(21)11-19-10-14-4-3-5-15(18)9-14/h3-9,19H,10-11H2,1-2H3,(H,20,21). The SMILES string of the molecule is Cc1ccc(C)c(NC(=O)CNCc2cccc(Cl)c2)c1. The van der Waals surface area contributed by atoms with Crippen molar-refractivity contribution in [1.29, 1.82) is 0 Å². The molecule has 4 heteroatoms. The van der Waals surface area contributed by atoms with Crippen LogP contribution in [-0.4, -0.2) is 12.5 Å². The highest BCUT2D eigenvalue weighted by atomic mass is 35.5. The van der Waals surface area contributed by atoms with Gasteiger partial charge in [-0.15, -0.1) is 0 Å². The third-order valence-corrected chi connectivity index (χ3v) is 3.41. The minimum atomic E-state index is -0.0503. The van der Waals surface area contributed by atoms with Crippen LogP contribution in [0, 0.1) is 13.8 Å². The topological polar surface area (TPSA) is 41.1 Å². The molecule has 2 rings (SSSR count). The fourth-order valence-electron chi connectivity index (χ4n) is 2.03. The minimum absolute atomic E-state index is 0.0503. The van der Waals surface area contributed by atoms with Crippen molar-refractivity contribution in [2.45, 2.75) is 20.4 Å². The van der Waals surface area contributed by atoms with E-state index in [1.165, 1.54) is 0 Å². The van der Waals surface area contributed by atoms with Crippen LogP contribution >= 0.6 is 11.6 Å². The summed E-state index contributed by atoms with van der Waals surface area (Å²) in [6, 6.07) is 13.6. The highest BCUT2D eigenvalue weighted by Gasteiger charge is 2.05. The predicted octanol–water partition coefficient (Wildman–Crippen LogP) is 3.69. The van der Waals surface area contributed by atoms with Gasteiger partial charge in [0.2, 0.25) is 5.91 Å². The third kappa shape index (κ3) is 4.88. The number of rotatable bonds is 5. The van der Waals surface area contributed by atoms with Crippen LogP contribution in [0.4, 0.5) is 5.69 Å². The molecule has 3 nitrogen and oxygen atoms in total. The van der Waals surface area contributed by atoms with Crippen LogP contribution in [0.25, 0.3) is 0 Å². The number of aryl methyl sites for hydroxylation is 2. The molecule has 1 amide bonds. The molecule has 0 spiro atoms. The maximum atomic E-state index is 11.9. The Balaban J connectivity index is 1.84. The quantitative estimate of drug-likeness (QED) is 0.884. The summed E-state index contributed by atoms with van der Waals surface area (Å²) in [5, 5.41) is 6.74. The van der Waals surface area contributed by atoms with Crippen LogP contribution in [0.15, 0.2) is 42.5 Å². The first-order valence-corrected chi connectivity index (χ1v) is 7.24. The Morgan fingerprint density at radius 3 is 2.71 bits per heavy atom. The smallest absolute Gasteiger partial charge is 0.238 e. The maximum absolute atomic E-state index is 11.9. The molecule has 2 aromatic rings. The molecule has 0 aliphatic rings. The van der Waals surface area contributed by atoms with Crippen LogP contribution in [0.3, 0.4) is 0 Å². The number of nitrogens with one attached hydrogen (secondary N) is 2. The van der Waals surface area contributed by atoms with Gasteiger partial charge in [0.1, 0.15) is 0 Å². The van der Waals surface area contributed by atoms with Crippen molar-refractivity contribution in [3.8, 4) is 0 Å². The molecule has 0 unspecified atom stereocenters. The molecule has 110 valence electrons. The lowest BCUT2D eigenvalue weighted by Crippen LogP contribution is -2.28. The van der Waals surface area contributed by atoms with E-state index in [0.717, 1.165) is 22.4 Å². The summed E-state index contributed by atoms with van der Waals surface area (Å²) in [6.45, 7) is 4.86. The van der Waals surface area contributed by atoms with E-state index in [4.69, 9.17) is 11.6 Å². The zero-order valence-corrected chi connectivity index (χ0v) is 13.0. The molecule has 0 saturated heterocycles. The normalized spacial score (nSPS) is 10.4. The molecule has 0 atom stereocenters. The molecular formula is C17H19ClN2O. The molecule has 0 radical (unpaired) electrons. The summed E-state index contributed by atoms with van der Waals surface area (Å²) in [6.07, 6.45) is 0. The van der Waals surface area contributed by atoms with Crippen molar-refractivity contribution in [2.75, 3.05) is 11.9 Å². The fourth-order valence-corrected chi connectivity index (χ4v) is 2.25. The van der Waals surface area contributed by atoms with Gasteiger partial charge in [-0.3, -0.25) is 4.79 Å². The number of carbonyl (C=O) groups excluding carboxylic acids is 1. The van der Waals surface area contributed by atoms with Gasteiger partial charge in [0.25, 0.3) is 0 Å². The lowest BCUT2D eigenvalue weighted by molar-refractivity contribution is -0.115. The van der Waals surface area contributed by atoms with Gasteiger partial charge in [-0.1, -0.05) is 35.9 Å². The van der Waals surface area contributed by atoms with Gasteiger partial charge < -0.3 is 10.6 Å². The number of halogens is 1. The van der Waals surface area contributed by atoms with E-state index in [2.05, 4.69) is 10.6 Å². The average molecular weight is 303 g/mol.